The molecule has 1 aliphatic rings. The Labute approximate surface area is 140 Å². The van der Waals surface area contributed by atoms with Crippen molar-refractivity contribution in [3.63, 3.8) is 0 Å². The third kappa shape index (κ3) is 3.02. The van der Waals surface area contributed by atoms with Crippen molar-refractivity contribution < 1.29 is 4.79 Å². The van der Waals surface area contributed by atoms with Crippen LogP contribution in [0.2, 0.25) is 0 Å². The Kier molecular flexibility index (Phi) is 3.99. The van der Waals surface area contributed by atoms with Crippen molar-refractivity contribution in [1.29, 1.82) is 0 Å². The normalized spacial score (nSPS) is 18.0. The molecule has 122 valence electrons. The molecule has 0 bridgehead atoms. The number of benzene rings is 1. The number of piperidine rings is 1. The maximum absolute atomic E-state index is 12.9. The molecule has 0 spiro atoms. The minimum atomic E-state index is 0.0857. The first-order valence-electron chi connectivity index (χ1n) is 8.42. The number of nitrogens with zero attached hydrogens (tertiary/aromatic N) is 3. The molecular weight excluding hydrogens is 300 g/mol. The number of rotatable bonds is 3. The number of amides is 1. The average Bonchev–Trinajstić information content (AvgIpc) is 3.14. The summed E-state index contributed by atoms with van der Waals surface area (Å²) in [6, 6.07) is 11.8. The highest BCUT2D eigenvalue weighted by Gasteiger charge is 2.25. The van der Waals surface area contributed by atoms with Gasteiger partial charge in [-0.25, -0.2) is 0 Å². The molecule has 5 heteroatoms. The first-order chi connectivity index (χ1) is 11.8. The van der Waals surface area contributed by atoms with Gasteiger partial charge in [-0.3, -0.25) is 14.9 Å². The van der Waals surface area contributed by atoms with Crippen LogP contribution in [0.1, 0.15) is 28.9 Å². The summed E-state index contributed by atoms with van der Waals surface area (Å²) in [6.45, 7) is 1.62. The number of hydrogen-bond acceptors (Lipinski definition) is 3. The Morgan fingerprint density at radius 2 is 2.21 bits per heavy atom. The number of hydrogen-bond donors (Lipinski definition) is 1. The van der Waals surface area contributed by atoms with Gasteiger partial charge in [-0.2, -0.15) is 5.10 Å². The molecule has 2 aromatic heterocycles. The van der Waals surface area contributed by atoms with Crippen molar-refractivity contribution >= 4 is 16.8 Å². The van der Waals surface area contributed by atoms with E-state index in [1.165, 1.54) is 0 Å². The van der Waals surface area contributed by atoms with Gasteiger partial charge in [0, 0.05) is 36.6 Å². The van der Waals surface area contributed by atoms with Crippen molar-refractivity contribution in [3.05, 3.63) is 60.0 Å². The summed E-state index contributed by atoms with van der Waals surface area (Å²) in [6.07, 6.45) is 6.62. The van der Waals surface area contributed by atoms with Crippen molar-refractivity contribution in [1.82, 2.24) is 20.1 Å². The molecule has 1 aliphatic heterocycles. The highest BCUT2D eigenvalue weighted by atomic mass is 16.2. The molecule has 1 saturated heterocycles. The van der Waals surface area contributed by atoms with Crippen LogP contribution < -0.4 is 0 Å². The quantitative estimate of drug-likeness (QED) is 0.807. The molecular formula is C19H20N4O. The minimum absolute atomic E-state index is 0.0857. The van der Waals surface area contributed by atoms with E-state index in [1.54, 1.807) is 12.4 Å². The van der Waals surface area contributed by atoms with Crippen molar-refractivity contribution in [2.24, 2.45) is 5.92 Å². The topological polar surface area (TPSA) is 61.9 Å². The molecule has 5 nitrogen and oxygen atoms in total. The zero-order valence-electron chi connectivity index (χ0n) is 13.5. The summed E-state index contributed by atoms with van der Waals surface area (Å²) >= 11 is 0. The number of H-pyrrole nitrogens is 1. The number of fused-ring (bicyclic) bond motifs is 1. The van der Waals surface area contributed by atoms with Crippen LogP contribution in [0.25, 0.3) is 10.9 Å². The van der Waals surface area contributed by atoms with E-state index in [1.807, 2.05) is 41.3 Å². The summed E-state index contributed by atoms with van der Waals surface area (Å²) in [5, 5.41) is 8.03. The fourth-order valence-electron chi connectivity index (χ4n) is 3.50. The Bertz CT molecular complexity index is 843. The van der Waals surface area contributed by atoms with Gasteiger partial charge in [0.15, 0.2) is 0 Å². The Hall–Kier alpha value is -2.69. The van der Waals surface area contributed by atoms with Crippen LogP contribution in [0.15, 0.2) is 48.8 Å². The molecule has 1 aromatic carbocycles. The van der Waals surface area contributed by atoms with Gasteiger partial charge in [0.05, 0.1) is 11.1 Å². The first-order valence-corrected chi connectivity index (χ1v) is 8.42. The molecule has 4 rings (SSSR count). The number of aromatic amines is 1. The lowest BCUT2D eigenvalue weighted by atomic mass is 9.93. The van der Waals surface area contributed by atoms with Crippen LogP contribution in [0, 0.1) is 5.92 Å². The molecule has 0 unspecified atom stereocenters. The lowest BCUT2D eigenvalue weighted by Gasteiger charge is -2.32. The third-order valence-corrected chi connectivity index (χ3v) is 4.71. The maximum Gasteiger partial charge on any atom is 0.255 e. The zero-order valence-corrected chi connectivity index (χ0v) is 13.5. The van der Waals surface area contributed by atoms with Gasteiger partial charge in [0.1, 0.15) is 0 Å². The molecule has 1 amide bonds. The predicted octanol–water partition coefficient (Wildman–Crippen LogP) is 3.05. The number of aromatic nitrogens is 3. The Morgan fingerprint density at radius 1 is 1.29 bits per heavy atom. The van der Waals surface area contributed by atoms with Crippen LogP contribution in [-0.4, -0.2) is 39.1 Å². The molecule has 24 heavy (non-hydrogen) atoms. The van der Waals surface area contributed by atoms with E-state index in [2.05, 4.69) is 15.2 Å². The third-order valence-electron chi connectivity index (χ3n) is 4.71. The number of carbonyl (C=O) groups is 1. The van der Waals surface area contributed by atoms with Crippen LogP contribution in [0.4, 0.5) is 0 Å². The van der Waals surface area contributed by atoms with Gasteiger partial charge in [-0.15, -0.1) is 0 Å². The maximum atomic E-state index is 12.9. The fourth-order valence-corrected chi connectivity index (χ4v) is 3.50. The van der Waals surface area contributed by atoms with E-state index in [9.17, 15) is 4.79 Å². The lowest BCUT2D eigenvalue weighted by Crippen LogP contribution is -2.40. The van der Waals surface area contributed by atoms with Crippen LogP contribution in [0.5, 0.6) is 0 Å². The number of carbonyl (C=O) groups excluding carboxylic acids is 1. The molecule has 3 aromatic rings. The number of para-hydroxylation sites is 1. The molecule has 3 heterocycles. The highest BCUT2D eigenvalue weighted by molar-refractivity contribution is 5.97. The lowest BCUT2D eigenvalue weighted by molar-refractivity contribution is 0.0672. The predicted molar refractivity (Wildman–Crippen MR) is 92.7 cm³/mol. The molecule has 0 aliphatic carbocycles. The van der Waals surface area contributed by atoms with E-state index in [4.69, 9.17) is 0 Å². The van der Waals surface area contributed by atoms with Gasteiger partial charge in [-0.05, 0) is 43.4 Å². The average molecular weight is 320 g/mol. The fraction of sp³-hybridized carbons (Fsp3) is 0.316. The van der Waals surface area contributed by atoms with Gasteiger partial charge in [0.2, 0.25) is 0 Å². The highest BCUT2D eigenvalue weighted by Crippen LogP contribution is 2.22. The summed E-state index contributed by atoms with van der Waals surface area (Å²) < 4.78 is 0. The number of pyridine rings is 1. The van der Waals surface area contributed by atoms with E-state index in [0.29, 0.717) is 11.5 Å². The second-order valence-corrected chi connectivity index (χ2v) is 6.46. The van der Waals surface area contributed by atoms with Crippen LogP contribution >= 0.6 is 0 Å². The molecule has 1 atom stereocenters. The van der Waals surface area contributed by atoms with Gasteiger partial charge in [0.25, 0.3) is 5.91 Å². The summed E-state index contributed by atoms with van der Waals surface area (Å²) in [5.41, 5.74) is 2.74. The van der Waals surface area contributed by atoms with Crippen LogP contribution in [0.3, 0.4) is 0 Å². The smallest absolute Gasteiger partial charge is 0.255 e. The Morgan fingerprint density at radius 3 is 3.08 bits per heavy atom. The molecule has 1 N–H and O–H groups in total. The van der Waals surface area contributed by atoms with E-state index < -0.39 is 0 Å². The molecule has 0 saturated carbocycles. The van der Waals surface area contributed by atoms with Gasteiger partial charge < -0.3 is 4.90 Å². The zero-order chi connectivity index (χ0) is 16.4. The van der Waals surface area contributed by atoms with E-state index >= 15 is 0 Å². The second kappa shape index (κ2) is 6.43. The van der Waals surface area contributed by atoms with Crippen molar-refractivity contribution in [2.45, 2.75) is 19.3 Å². The van der Waals surface area contributed by atoms with Gasteiger partial charge >= 0.3 is 0 Å². The number of likely N-dealkylation sites (tertiary alicyclic amines) is 1. The standard InChI is InChI=1S/C19H20N4O/c24-19(16-11-15-5-1-2-6-18(15)20-12-16)23-9-3-4-14(13-23)10-17-7-8-21-22-17/h1-2,5-8,11-12,14H,3-4,9-10,13H2,(H,21,22)/t14-/m1/s1. The van der Waals surface area contributed by atoms with Crippen LogP contribution in [-0.2, 0) is 6.42 Å². The van der Waals surface area contributed by atoms with Crippen molar-refractivity contribution in [2.75, 3.05) is 13.1 Å². The van der Waals surface area contributed by atoms with E-state index in [-0.39, 0.29) is 5.91 Å². The van der Waals surface area contributed by atoms with Gasteiger partial charge in [-0.1, -0.05) is 18.2 Å². The number of nitrogens with one attached hydrogen (secondary N) is 1. The summed E-state index contributed by atoms with van der Waals surface area (Å²) in [7, 11) is 0. The minimum Gasteiger partial charge on any atom is -0.338 e. The monoisotopic (exact) mass is 320 g/mol. The Balaban J connectivity index is 1.50. The summed E-state index contributed by atoms with van der Waals surface area (Å²) in [5.74, 6) is 0.569. The second-order valence-electron chi connectivity index (χ2n) is 6.46. The molecule has 0 radical (unpaired) electrons. The summed E-state index contributed by atoms with van der Waals surface area (Å²) in [4.78, 5) is 19.2. The largest absolute Gasteiger partial charge is 0.338 e. The first kappa shape index (κ1) is 14.9. The van der Waals surface area contributed by atoms with Crippen molar-refractivity contribution in [3.8, 4) is 0 Å². The molecule has 1 fully saturated rings. The van der Waals surface area contributed by atoms with E-state index in [0.717, 1.165) is 48.9 Å². The SMILES string of the molecule is O=C(c1cnc2ccccc2c1)N1CCC[C@H](Cc2ccn[nH]2)C1.